The van der Waals surface area contributed by atoms with E-state index in [0.717, 1.165) is 20.9 Å². The summed E-state index contributed by atoms with van der Waals surface area (Å²) in [7, 11) is -4.17. The highest BCUT2D eigenvalue weighted by Gasteiger charge is 2.36. The molecule has 2 aromatic heterocycles. The monoisotopic (exact) mass is 538 g/mol. The Bertz CT molecular complexity index is 1400. The third-order valence-electron chi connectivity index (χ3n) is 5.07. The molecule has 0 bridgehead atoms. The van der Waals surface area contributed by atoms with Crippen LogP contribution in [-0.2, 0) is 29.3 Å². The molecule has 172 valence electrons. The minimum atomic E-state index is -4.66. The van der Waals surface area contributed by atoms with Crippen LogP contribution in [0.25, 0.3) is 10.9 Å². The molecule has 2 aromatic carbocycles. The molecule has 0 fully saturated rings. The van der Waals surface area contributed by atoms with Crippen LogP contribution in [-0.4, -0.2) is 17.7 Å². The van der Waals surface area contributed by atoms with Gasteiger partial charge in [-0.05, 0) is 48.4 Å². The summed E-state index contributed by atoms with van der Waals surface area (Å²) in [5.74, 6) is -1.30. The van der Waals surface area contributed by atoms with Crippen LogP contribution in [0, 0.1) is 6.92 Å². The Morgan fingerprint density at radius 2 is 1.73 bits per heavy atom. The van der Waals surface area contributed by atoms with Gasteiger partial charge in [-0.15, -0.1) is 0 Å². The van der Waals surface area contributed by atoms with E-state index < -0.39 is 22.0 Å². The van der Waals surface area contributed by atoms with Crippen molar-refractivity contribution in [3.63, 3.8) is 0 Å². The molecule has 0 aliphatic heterocycles. The number of alkyl halides is 3. The van der Waals surface area contributed by atoms with Gasteiger partial charge in [0.25, 0.3) is 0 Å². The van der Waals surface area contributed by atoms with Crippen molar-refractivity contribution in [3.05, 3.63) is 94.0 Å². The van der Waals surface area contributed by atoms with Crippen molar-refractivity contribution >= 4 is 36.9 Å². The average molecular weight is 539 g/mol. The largest absolute Gasteiger partial charge is 0.455 e. The topological polar surface area (TPSA) is 63.4 Å². The van der Waals surface area contributed by atoms with E-state index in [1.54, 1.807) is 55.5 Å². The van der Waals surface area contributed by atoms with Crippen LogP contribution in [0.2, 0.25) is 0 Å². The van der Waals surface area contributed by atoms with Gasteiger partial charge >= 0.3 is 6.18 Å². The number of sulfonamides is 1. The smallest absolute Gasteiger partial charge is 0.449 e. The molecule has 0 spiro atoms. The number of aryl methyl sites for hydroxylation is 1. The lowest BCUT2D eigenvalue weighted by Crippen LogP contribution is -2.31. The number of hydrogen-bond acceptors (Lipinski definition) is 4. The lowest BCUT2D eigenvalue weighted by molar-refractivity contribution is -0.153. The maximum atomic E-state index is 13.9. The van der Waals surface area contributed by atoms with Crippen LogP contribution in [0.5, 0.6) is 0 Å². The van der Waals surface area contributed by atoms with Crippen molar-refractivity contribution in [2.75, 3.05) is 0 Å². The zero-order valence-electron chi connectivity index (χ0n) is 17.3. The summed E-state index contributed by atoms with van der Waals surface area (Å²) >= 11 is 3.34. The van der Waals surface area contributed by atoms with Gasteiger partial charge in [-0.25, -0.2) is 8.42 Å². The van der Waals surface area contributed by atoms with Crippen molar-refractivity contribution in [3.8, 4) is 0 Å². The Morgan fingerprint density at radius 3 is 2.39 bits per heavy atom. The molecule has 5 nitrogen and oxygen atoms in total. The molecule has 0 radical (unpaired) electrons. The van der Waals surface area contributed by atoms with E-state index in [-0.39, 0.29) is 23.7 Å². The highest BCUT2D eigenvalue weighted by Crippen LogP contribution is 2.33. The molecular formula is C23H18BrF3N2O3S. The van der Waals surface area contributed by atoms with E-state index in [0.29, 0.717) is 22.0 Å². The first-order valence-corrected chi connectivity index (χ1v) is 12.0. The zero-order chi connectivity index (χ0) is 23.8. The lowest BCUT2D eigenvalue weighted by Gasteiger charge is -2.23. The maximum Gasteiger partial charge on any atom is 0.449 e. The fourth-order valence-electron chi connectivity index (χ4n) is 3.48. The van der Waals surface area contributed by atoms with Gasteiger partial charge in [0.2, 0.25) is 15.8 Å². The molecule has 0 aliphatic carbocycles. The summed E-state index contributed by atoms with van der Waals surface area (Å²) in [5, 5.41) is 0.641. The molecule has 33 heavy (non-hydrogen) atoms. The van der Waals surface area contributed by atoms with Crippen molar-refractivity contribution < 1.29 is 26.0 Å². The van der Waals surface area contributed by atoms with Crippen LogP contribution >= 0.6 is 15.9 Å². The van der Waals surface area contributed by atoms with Gasteiger partial charge in [-0.3, -0.25) is 4.98 Å². The fraction of sp³-hybridized carbons (Fsp3) is 0.174. The quantitative estimate of drug-likeness (QED) is 0.288. The van der Waals surface area contributed by atoms with Crippen molar-refractivity contribution in [1.82, 2.24) is 9.29 Å². The summed E-state index contributed by atoms with van der Waals surface area (Å²) in [4.78, 5) is 4.28. The van der Waals surface area contributed by atoms with Crippen LogP contribution in [0.1, 0.15) is 22.6 Å². The van der Waals surface area contributed by atoms with E-state index in [4.69, 9.17) is 4.42 Å². The molecule has 2 heterocycles. The van der Waals surface area contributed by atoms with Gasteiger partial charge < -0.3 is 4.42 Å². The second-order valence-electron chi connectivity index (χ2n) is 7.45. The molecule has 0 amide bonds. The zero-order valence-corrected chi connectivity index (χ0v) is 19.7. The SMILES string of the molecule is Cc1ccc2cccnc2c1S(=O)(=O)N(Cc1ccc(Br)cc1)Cc1ccc(C(F)(F)F)o1. The molecule has 0 saturated carbocycles. The summed E-state index contributed by atoms with van der Waals surface area (Å²) < 4.78 is 73.6. The first-order chi connectivity index (χ1) is 15.6. The molecule has 0 aliphatic rings. The highest BCUT2D eigenvalue weighted by molar-refractivity contribution is 9.10. The number of benzene rings is 2. The second kappa shape index (κ2) is 8.92. The predicted octanol–water partition coefficient (Wildman–Crippen LogP) is 6.31. The normalized spacial score (nSPS) is 12.5. The Balaban J connectivity index is 1.81. The van der Waals surface area contributed by atoms with Crippen LogP contribution in [0.4, 0.5) is 13.2 Å². The number of fused-ring (bicyclic) bond motifs is 1. The summed E-state index contributed by atoms with van der Waals surface area (Å²) in [6.45, 7) is 1.21. The fourth-order valence-corrected chi connectivity index (χ4v) is 5.51. The second-order valence-corrected chi connectivity index (χ2v) is 10.2. The number of furan rings is 1. The van der Waals surface area contributed by atoms with Crippen LogP contribution in [0.3, 0.4) is 0 Å². The van der Waals surface area contributed by atoms with Gasteiger partial charge in [-0.1, -0.05) is 46.3 Å². The number of halogens is 4. The van der Waals surface area contributed by atoms with Gasteiger partial charge in [0.1, 0.15) is 10.7 Å². The third kappa shape index (κ3) is 4.97. The van der Waals surface area contributed by atoms with Gasteiger partial charge in [-0.2, -0.15) is 17.5 Å². The highest BCUT2D eigenvalue weighted by atomic mass is 79.9. The predicted molar refractivity (Wildman–Crippen MR) is 121 cm³/mol. The Labute approximate surface area is 197 Å². The van der Waals surface area contributed by atoms with Crippen molar-refractivity contribution in [2.24, 2.45) is 0 Å². The maximum absolute atomic E-state index is 13.9. The van der Waals surface area contributed by atoms with Gasteiger partial charge in [0, 0.05) is 22.6 Å². The van der Waals surface area contributed by atoms with E-state index in [1.165, 1.54) is 6.20 Å². The number of rotatable bonds is 6. The van der Waals surface area contributed by atoms with E-state index in [1.807, 2.05) is 0 Å². The number of pyridine rings is 1. The van der Waals surface area contributed by atoms with E-state index >= 15 is 0 Å². The minimum absolute atomic E-state index is 0.0142. The van der Waals surface area contributed by atoms with Crippen molar-refractivity contribution in [2.45, 2.75) is 31.1 Å². The molecular weight excluding hydrogens is 521 g/mol. The third-order valence-corrected chi connectivity index (χ3v) is 7.57. The van der Waals surface area contributed by atoms with Gasteiger partial charge in [0.05, 0.1) is 12.1 Å². The Hall–Kier alpha value is -2.69. The number of hydrogen-bond donors (Lipinski definition) is 0. The first kappa shape index (κ1) is 23.5. The van der Waals surface area contributed by atoms with Crippen molar-refractivity contribution in [1.29, 1.82) is 0 Å². The average Bonchev–Trinajstić information content (AvgIpc) is 3.24. The first-order valence-electron chi connectivity index (χ1n) is 9.80. The molecule has 0 atom stereocenters. The Kier molecular flexibility index (Phi) is 6.35. The summed E-state index contributed by atoms with van der Waals surface area (Å²) in [5.41, 5.74) is 1.45. The Morgan fingerprint density at radius 1 is 1.00 bits per heavy atom. The lowest BCUT2D eigenvalue weighted by atomic mass is 10.1. The molecule has 4 aromatic rings. The minimum Gasteiger partial charge on any atom is -0.455 e. The summed E-state index contributed by atoms with van der Waals surface area (Å²) in [6, 6.07) is 15.9. The molecule has 0 unspecified atom stereocenters. The molecule has 0 saturated heterocycles. The molecule has 10 heteroatoms. The van der Waals surface area contributed by atoms with Crippen LogP contribution in [0.15, 0.2) is 80.6 Å². The van der Waals surface area contributed by atoms with Crippen LogP contribution < -0.4 is 0 Å². The standard InChI is InChI=1S/C23H18BrF3N2O3S/c1-15-4-7-17-3-2-12-28-21(17)22(15)33(30,31)29(13-16-5-8-18(24)9-6-16)14-19-10-11-20(32-19)23(25,26)27/h2-12H,13-14H2,1H3. The number of nitrogens with zero attached hydrogens (tertiary/aromatic N) is 2. The van der Waals surface area contributed by atoms with E-state index in [2.05, 4.69) is 20.9 Å². The van der Waals surface area contributed by atoms with E-state index in [9.17, 15) is 21.6 Å². The van der Waals surface area contributed by atoms with Gasteiger partial charge in [0.15, 0.2) is 0 Å². The molecule has 0 N–H and O–H groups in total. The molecule has 4 rings (SSSR count). The number of aromatic nitrogens is 1. The summed E-state index contributed by atoms with van der Waals surface area (Å²) in [6.07, 6.45) is -3.16.